The molecule has 0 unspecified atom stereocenters. The maximum atomic E-state index is 12.4. The lowest BCUT2D eigenvalue weighted by molar-refractivity contribution is 0.0684. The molecule has 0 saturated heterocycles. The Morgan fingerprint density at radius 1 is 0.708 bits per heavy atom. The van der Waals surface area contributed by atoms with E-state index in [1.54, 1.807) is 0 Å². The van der Waals surface area contributed by atoms with Gasteiger partial charge >= 0.3 is 11.9 Å². The molecule has 120 valence electrons. The molecule has 0 saturated carbocycles. The minimum atomic E-state index is -1.30. The molecule has 0 spiro atoms. The Labute approximate surface area is 135 Å². The standard InChI is InChI=1S/C17H10O7/c18-7-11-5-9(1-3-13(11)16(21)22)15(20)10-2-4-14(17(23)24)12(6-10)8-19/h1-8H,(H,21,22)(H,23,24). The van der Waals surface area contributed by atoms with Gasteiger partial charge in [0.1, 0.15) is 0 Å². The molecular weight excluding hydrogens is 316 g/mol. The van der Waals surface area contributed by atoms with Crippen LogP contribution >= 0.6 is 0 Å². The molecule has 7 heteroatoms. The predicted octanol–water partition coefficient (Wildman–Crippen LogP) is 1.94. The predicted molar refractivity (Wildman–Crippen MR) is 81.0 cm³/mol. The van der Waals surface area contributed by atoms with E-state index in [2.05, 4.69) is 0 Å². The number of aromatic carboxylic acids is 2. The summed E-state index contributed by atoms with van der Waals surface area (Å²) in [6.45, 7) is 0. The van der Waals surface area contributed by atoms with Crippen molar-refractivity contribution in [1.82, 2.24) is 0 Å². The van der Waals surface area contributed by atoms with Crippen molar-refractivity contribution in [3.63, 3.8) is 0 Å². The number of hydrogen-bond donors (Lipinski definition) is 2. The Bertz CT molecular complexity index is 809. The minimum Gasteiger partial charge on any atom is -0.478 e. The molecule has 0 heterocycles. The van der Waals surface area contributed by atoms with Gasteiger partial charge < -0.3 is 10.2 Å². The molecule has 0 aliphatic rings. The average Bonchev–Trinajstić information content (AvgIpc) is 2.59. The summed E-state index contributed by atoms with van der Waals surface area (Å²) in [5, 5.41) is 17.9. The first kappa shape index (κ1) is 16.8. The van der Waals surface area contributed by atoms with Crippen molar-refractivity contribution in [3.05, 3.63) is 69.8 Å². The summed E-state index contributed by atoms with van der Waals surface area (Å²) in [5.41, 5.74) is -0.714. The van der Waals surface area contributed by atoms with Gasteiger partial charge in [0.15, 0.2) is 18.4 Å². The van der Waals surface area contributed by atoms with Gasteiger partial charge in [-0.25, -0.2) is 9.59 Å². The van der Waals surface area contributed by atoms with Crippen LogP contribution in [-0.2, 0) is 0 Å². The highest BCUT2D eigenvalue weighted by atomic mass is 16.4. The fourth-order valence-corrected chi connectivity index (χ4v) is 2.16. The molecule has 0 atom stereocenters. The van der Waals surface area contributed by atoms with E-state index in [1.165, 1.54) is 12.1 Å². The van der Waals surface area contributed by atoms with Crippen molar-refractivity contribution in [2.75, 3.05) is 0 Å². The average molecular weight is 326 g/mol. The molecule has 0 aliphatic carbocycles. The van der Waals surface area contributed by atoms with Gasteiger partial charge in [0.2, 0.25) is 0 Å². The first-order valence-electron chi connectivity index (χ1n) is 6.58. The van der Waals surface area contributed by atoms with Crippen molar-refractivity contribution >= 4 is 30.3 Å². The van der Waals surface area contributed by atoms with E-state index in [4.69, 9.17) is 10.2 Å². The second kappa shape index (κ2) is 6.66. The van der Waals surface area contributed by atoms with E-state index in [-0.39, 0.29) is 33.4 Å². The van der Waals surface area contributed by atoms with Gasteiger partial charge in [-0.1, -0.05) is 12.1 Å². The Morgan fingerprint density at radius 2 is 1.08 bits per heavy atom. The van der Waals surface area contributed by atoms with Crippen molar-refractivity contribution in [2.24, 2.45) is 0 Å². The largest absolute Gasteiger partial charge is 0.478 e. The molecule has 2 rings (SSSR count). The van der Waals surface area contributed by atoms with Crippen LogP contribution in [0.5, 0.6) is 0 Å². The van der Waals surface area contributed by atoms with Gasteiger partial charge in [0.25, 0.3) is 0 Å². The van der Waals surface area contributed by atoms with Crippen LogP contribution in [0, 0.1) is 0 Å². The van der Waals surface area contributed by atoms with E-state index < -0.39 is 17.7 Å². The van der Waals surface area contributed by atoms with Gasteiger partial charge in [-0.3, -0.25) is 14.4 Å². The van der Waals surface area contributed by atoms with E-state index in [0.717, 1.165) is 24.3 Å². The molecule has 0 bridgehead atoms. The highest BCUT2D eigenvalue weighted by Gasteiger charge is 2.17. The number of carboxylic acids is 2. The molecule has 0 radical (unpaired) electrons. The lowest BCUT2D eigenvalue weighted by atomic mass is 9.96. The monoisotopic (exact) mass is 326 g/mol. The van der Waals surface area contributed by atoms with Crippen molar-refractivity contribution in [2.45, 2.75) is 0 Å². The van der Waals surface area contributed by atoms with Crippen molar-refractivity contribution < 1.29 is 34.2 Å². The van der Waals surface area contributed by atoms with Gasteiger partial charge in [0, 0.05) is 22.3 Å². The Kier molecular flexibility index (Phi) is 4.65. The van der Waals surface area contributed by atoms with Crippen LogP contribution in [-0.4, -0.2) is 40.5 Å². The molecule has 0 aromatic heterocycles. The summed E-state index contributed by atoms with van der Waals surface area (Å²) in [6.07, 6.45) is 0.648. The summed E-state index contributed by atoms with van der Waals surface area (Å²) in [7, 11) is 0. The normalized spacial score (nSPS) is 10.0. The van der Waals surface area contributed by atoms with Crippen LogP contribution in [0.4, 0.5) is 0 Å². The third-order valence-electron chi connectivity index (χ3n) is 3.34. The third kappa shape index (κ3) is 3.09. The molecule has 7 nitrogen and oxygen atoms in total. The van der Waals surface area contributed by atoms with Gasteiger partial charge in [-0.2, -0.15) is 0 Å². The molecule has 0 aliphatic heterocycles. The van der Waals surface area contributed by atoms with Crippen LogP contribution < -0.4 is 0 Å². The quantitative estimate of drug-likeness (QED) is 0.613. The van der Waals surface area contributed by atoms with Crippen LogP contribution in [0.25, 0.3) is 0 Å². The highest BCUT2D eigenvalue weighted by molar-refractivity contribution is 6.12. The zero-order chi connectivity index (χ0) is 17.9. The second-order valence-electron chi connectivity index (χ2n) is 4.78. The topological polar surface area (TPSA) is 126 Å². The third-order valence-corrected chi connectivity index (χ3v) is 3.34. The number of hydrogen-bond acceptors (Lipinski definition) is 5. The van der Waals surface area contributed by atoms with Gasteiger partial charge in [-0.15, -0.1) is 0 Å². The van der Waals surface area contributed by atoms with Crippen LogP contribution in [0.2, 0.25) is 0 Å². The smallest absolute Gasteiger partial charge is 0.336 e. The molecule has 2 aromatic carbocycles. The molecule has 2 aromatic rings. The lowest BCUT2D eigenvalue weighted by Gasteiger charge is -2.06. The summed E-state index contributed by atoms with van der Waals surface area (Å²) < 4.78 is 0. The number of carbonyl (C=O) groups is 5. The first-order valence-corrected chi connectivity index (χ1v) is 6.58. The van der Waals surface area contributed by atoms with Gasteiger partial charge in [0.05, 0.1) is 11.1 Å². The SMILES string of the molecule is O=Cc1cc(C(=O)c2ccc(C(=O)O)c(C=O)c2)ccc1C(=O)O. The van der Waals surface area contributed by atoms with E-state index in [9.17, 15) is 24.0 Å². The molecule has 24 heavy (non-hydrogen) atoms. The first-order chi connectivity index (χ1) is 11.4. The number of aldehydes is 2. The van der Waals surface area contributed by atoms with Crippen LogP contribution in [0.1, 0.15) is 57.4 Å². The highest BCUT2D eigenvalue weighted by Crippen LogP contribution is 2.17. The zero-order valence-electron chi connectivity index (χ0n) is 12.1. The van der Waals surface area contributed by atoms with E-state index in [1.807, 2.05) is 0 Å². The second-order valence-corrected chi connectivity index (χ2v) is 4.78. The van der Waals surface area contributed by atoms with E-state index in [0.29, 0.717) is 12.6 Å². The Morgan fingerprint density at radius 3 is 1.38 bits per heavy atom. The minimum absolute atomic E-state index is 0.0435. The van der Waals surface area contributed by atoms with Crippen molar-refractivity contribution in [1.29, 1.82) is 0 Å². The Hall–Kier alpha value is -3.61. The fraction of sp³-hybridized carbons (Fsp3) is 0. The molecule has 0 fully saturated rings. The molecular formula is C17H10O7. The summed E-state index contributed by atoms with van der Waals surface area (Å²) in [4.78, 5) is 56.3. The van der Waals surface area contributed by atoms with E-state index >= 15 is 0 Å². The number of carboxylic acid groups (broad SMARTS) is 2. The van der Waals surface area contributed by atoms with Crippen molar-refractivity contribution in [3.8, 4) is 0 Å². The maximum absolute atomic E-state index is 12.4. The molecule has 2 N–H and O–H groups in total. The Balaban J connectivity index is 2.49. The van der Waals surface area contributed by atoms with Crippen LogP contribution in [0.3, 0.4) is 0 Å². The lowest BCUT2D eigenvalue weighted by Crippen LogP contribution is -2.09. The fourth-order valence-electron chi connectivity index (χ4n) is 2.16. The summed E-state index contributed by atoms with van der Waals surface area (Å²) in [6, 6.07) is 7.00. The number of carbonyl (C=O) groups excluding carboxylic acids is 3. The number of ketones is 1. The molecule has 0 amide bonds. The number of rotatable bonds is 6. The number of benzene rings is 2. The van der Waals surface area contributed by atoms with Gasteiger partial charge in [-0.05, 0) is 24.3 Å². The maximum Gasteiger partial charge on any atom is 0.336 e. The summed E-state index contributed by atoms with van der Waals surface area (Å²) in [5.74, 6) is -3.18. The zero-order valence-corrected chi connectivity index (χ0v) is 12.1. The summed E-state index contributed by atoms with van der Waals surface area (Å²) >= 11 is 0. The van der Waals surface area contributed by atoms with Crippen LogP contribution in [0.15, 0.2) is 36.4 Å².